The van der Waals surface area contributed by atoms with Crippen molar-refractivity contribution in [3.05, 3.63) is 30.1 Å². The van der Waals surface area contributed by atoms with E-state index in [1.165, 1.54) is 12.1 Å². The predicted molar refractivity (Wildman–Crippen MR) is 72.4 cm³/mol. The largest absolute Gasteiger partial charge is 0.383 e. The number of anilines is 1. The Morgan fingerprint density at radius 3 is 2.95 bits per heavy atom. The van der Waals surface area contributed by atoms with Crippen LogP contribution < -0.4 is 11.1 Å². The molecule has 0 aliphatic carbocycles. The first-order valence-electron chi connectivity index (χ1n) is 5.99. The van der Waals surface area contributed by atoms with Crippen molar-refractivity contribution in [3.8, 4) is 0 Å². The minimum absolute atomic E-state index is 0.142. The van der Waals surface area contributed by atoms with E-state index in [0.717, 1.165) is 0 Å². The molecule has 1 aromatic rings. The van der Waals surface area contributed by atoms with Crippen molar-refractivity contribution in [2.45, 2.75) is 6.04 Å². The summed E-state index contributed by atoms with van der Waals surface area (Å²) in [5.74, 6) is -0.592. The Morgan fingerprint density at radius 2 is 2.32 bits per heavy atom. The lowest BCUT2D eigenvalue weighted by Crippen LogP contribution is -2.41. The number of carbonyl (C=O) groups is 1. The molecule has 1 unspecified atom stereocenters. The van der Waals surface area contributed by atoms with E-state index in [1.807, 2.05) is 0 Å². The van der Waals surface area contributed by atoms with E-state index in [-0.39, 0.29) is 24.3 Å². The Kier molecular flexibility index (Phi) is 6.41. The molecule has 0 bridgehead atoms. The van der Waals surface area contributed by atoms with E-state index >= 15 is 0 Å². The zero-order valence-corrected chi connectivity index (χ0v) is 11.2. The zero-order chi connectivity index (χ0) is 14.3. The monoisotopic (exact) mass is 269 g/mol. The summed E-state index contributed by atoms with van der Waals surface area (Å²) in [6.07, 6.45) is 0. The van der Waals surface area contributed by atoms with E-state index in [2.05, 4.69) is 5.32 Å². The van der Waals surface area contributed by atoms with Crippen molar-refractivity contribution in [1.29, 1.82) is 0 Å². The molecule has 1 amide bonds. The molecule has 1 rings (SSSR count). The van der Waals surface area contributed by atoms with Crippen LogP contribution in [0.5, 0.6) is 0 Å². The van der Waals surface area contributed by atoms with Crippen LogP contribution in [0.15, 0.2) is 24.3 Å². The maximum Gasteiger partial charge on any atom is 0.238 e. The van der Waals surface area contributed by atoms with Crippen LogP contribution in [-0.4, -0.2) is 50.7 Å². The van der Waals surface area contributed by atoms with Gasteiger partial charge in [-0.2, -0.15) is 0 Å². The number of halogens is 1. The average molecular weight is 269 g/mol. The Labute approximate surface area is 112 Å². The standard InChI is InChI=1S/C13H20FN3O2/c1-17(7-11(15)9-19-2)8-13(18)16-12-5-3-4-10(14)6-12/h3-6,11H,7-9,15H2,1-2H3,(H,16,18). The van der Waals surface area contributed by atoms with Crippen LogP contribution >= 0.6 is 0 Å². The van der Waals surface area contributed by atoms with Gasteiger partial charge in [0.1, 0.15) is 5.82 Å². The third-order valence-corrected chi connectivity index (χ3v) is 2.45. The lowest BCUT2D eigenvalue weighted by Gasteiger charge is -2.20. The molecule has 0 aliphatic rings. The maximum absolute atomic E-state index is 12.9. The summed E-state index contributed by atoms with van der Waals surface area (Å²) in [6.45, 7) is 1.17. The van der Waals surface area contributed by atoms with E-state index in [1.54, 1.807) is 31.2 Å². The number of nitrogens with two attached hydrogens (primary N) is 1. The van der Waals surface area contributed by atoms with Crippen LogP contribution in [0.2, 0.25) is 0 Å². The minimum Gasteiger partial charge on any atom is -0.383 e. The van der Waals surface area contributed by atoms with Crippen molar-refractivity contribution in [2.24, 2.45) is 5.73 Å². The summed E-state index contributed by atoms with van der Waals surface area (Å²) >= 11 is 0. The molecule has 3 N–H and O–H groups in total. The highest BCUT2D eigenvalue weighted by Gasteiger charge is 2.10. The maximum atomic E-state index is 12.9. The van der Waals surface area contributed by atoms with Gasteiger partial charge in [-0.25, -0.2) is 4.39 Å². The summed E-state index contributed by atoms with van der Waals surface area (Å²) in [5.41, 5.74) is 6.23. The number of hydrogen-bond acceptors (Lipinski definition) is 4. The minimum atomic E-state index is -0.381. The summed E-state index contributed by atoms with van der Waals surface area (Å²) in [7, 11) is 3.37. The fourth-order valence-corrected chi connectivity index (χ4v) is 1.74. The van der Waals surface area contributed by atoms with Gasteiger partial charge in [0.2, 0.25) is 5.91 Å². The fourth-order valence-electron chi connectivity index (χ4n) is 1.74. The van der Waals surface area contributed by atoms with Crippen LogP contribution in [0, 0.1) is 5.82 Å². The Hall–Kier alpha value is -1.50. The molecule has 0 saturated heterocycles. The molecule has 19 heavy (non-hydrogen) atoms. The lowest BCUT2D eigenvalue weighted by molar-refractivity contribution is -0.117. The third kappa shape index (κ3) is 6.28. The highest BCUT2D eigenvalue weighted by molar-refractivity contribution is 5.92. The number of methoxy groups -OCH3 is 1. The average Bonchev–Trinajstić information content (AvgIpc) is 2.28. The van der Waals surface area contributed by atoms with Crippen molar-refractivity contribution >= 4 is 11.6 Å². The van der Waals surface area contributed by atoms with Crippen molar-refractivity contribution in [1.82, 2.24) is 4.90 Å². The van der Waals surface area contributed by atoms with Gasteiger partial charge < -0.3 is 15.8 Å². The van der Waals surface area contributed by atoms with E-state index in [0.29, 0.717) is 18.8 Å². The van der Waals surface area contributed by atoms with Crippen LogP contribution in [0.4, 0.5) is 10.1 Å². The Morgan fingerprint density at radius 1 is 1.58 bits per heavy atom. The number of ether oxygens (including phenoxy) is 1. The number of likely N-dealkylation sites (N-methyl/N-ethyl adjacent to an activating group) is 1. The zero-order valence-electron chi connectivity index (χ0n) is 11.2. The number of amides is 1. The molecule has 1 aromatic carbocycles. The summed E-state index contributed by atoms with van der Waals surface area (Å²) in [6, 6.07) is 5.64. The summed E-state index contributed by atoms with van der Waals surface area (Å²) < 4.78 is 17.9. The summed E-state index contributed by atoms with van der Waals surface area (Å²) in [5, 5.41) is 2.63. The van der Waals surface area contributed by atoms with Gasteiger partial charge in [-0.3, -0.25) is 9.69 Å². The van der Waals surface area contributed by atoms with Gasteiger partial charge in [-0.15, -0.1) is 0 Å². The second-order valence-corrected chi connectivity index (χ2v) is 4.47. The van der Waals surface area contributed by atoms with E-state index in [4.69, 9.17) is 10.5 Å². The SMILES string of the molecule is COCC(N)CN(C)CC(=O)Nc1cccc(F)c1. The molecule has 106 valence electrons. The molecule has 6 heteroatoms. The number of nitrogens with one attached hydrogen (secondary N) is 1. The number of carbonyl (C=O) groups excluding carboxylic acids is 1. The molecule has 0 fully saturated rings. The molecular weight excluding hydrogens is 249 g/mol. The second kappa shape index (κ2) is 7.83. The molecule has 0 heterocycles. The smallest absolute Gasteiger partial charge is 0.238 e. The second-order valence-electron chi connectivity index (χ2n) is 4.47. The van der Waals surface area contributed by atoms with Crippen molar-refractivity contribution in [2.75, 3.05) is 39.2 Å². The molecule has 0 aromatic heterocycles. The quantitative estimate of drug-likeness (QED) is 0.763. The lowest BCUT2D eigenvalue weighted by atomic mass is 10.3. The normalized spacial score (nSPS) is 12.5. The number of hydrogen-bond donors (Lipinski definition) is 2. The molecule has 5 nitrogen and oxygen atoms in total. The molecular formula is C13H20FN3O2. The van der Waals surface area contributed by atoms with Gasteiger partial charge in [0.25, 0.3) is 0 Å². The highest BCUT2D eigenvalue weighted by atomic mass is 19.1. The molecule has 0 spiro atoms. The van der Waals surface area contributed by atoms with Gasteiger partial charge >= 0.3 is 0 Å². The molecule has 1 atom stereocenters. The first kappa shape index (κ1) is 15.6. The topological polar surface area (TPSA) is 67.6 Å². The first-order valence-corrected chi connectivity index (χ1v) is 5.99. The van der Waals surface area contributed by atoms with Crippen LogP contribution in [-0.2, 0) is 9.53 Å². The van der Waals surface area contributed by atoms with Crippen LogP contribution in [0.1, 0.15) is 0 Å². The molecule has 0 aliphatic heterocycles. The van der Waals surface area contributed by atoms with Crippen molar-refractivity contribution in [3.63, 3.8) is 0 Å². The van der Waals surface area contributed by atoms with Gasteiger partial charge in [-0.1, -0.05) is 6.07 Å². The fraction of sp³-hybridized carbons (Fsp3) is 0.462. The number of rotatable bonds is 7. The van der Waals surface area contributed by atoms with Gasteiger partial charge in [0.15, 0.2) is 0 Å². The van der Waals surface area contributed by atoms with Crippen LogP contribution in [0.3, 0.4) is 0 Å². The first-order chi connectivity index (χ1) is 9.01. The number of nitrogens with zero attached hydrogens (tertiary/aromatic N) is 1. The molecule has 0 radical (unpaired) electrons. The van der Waals surface area contributed by atoms with Crippen LogP contribution in [0.25, 0.3) is 0 Å². The molecule has 0 saturated carbocycles. The van der Waals surface area contributed by atoms with Gasteiger partial charge in [-0.05, 0) is 25.2 Å². The van der Waals surface area contributed by atoms with E-state index in [9.17, 15) is 9.18 Å². The number of benzene rings is 1. The van der Waals surface area contributed by atoms with Gasteiger partial charge in [0, 0.05) is 25.4 Å². The Bertz CT molecular complexity index is 415. The van der Waals surface area contributed by atoms with E-state index < -0.39 is 0 Å². The Balaban J connectivity index is 2.38. The van der Waals surface area contributed by atoms with Gasteiger partial charge in [0.05, 0.1) is 13.2 Å². The highest BCUT2D eigenvalue weighted by Crippen LogP contribution is 2.08. The summed E-state index contributed by atoms with van der Waals surface area (Å²) in [4.78, 5) is 13.5. The van der Waals surface area contributed by atoms with Crippen molar-refractivity contribution < 1.29 is 13.9 Å². The third-order valence-electron chi connectivity index (χ3n) is 2.45. The predicted octanol–water partition coefficient (Wildman–Crippen LogP) is 0.670.